The van der Waals surface area contributed by atoms with E-state index in [1.165, 1.54) is 24.9 Å². The van der Waals surface area contributed by atoms with Gasteiger partial charge >= 0.3 is 0 Å². The summed E-state index contributed by atoms with van der Waals surface area (Å²) in [5, 5.41) is 0. The van der Waals surface area contributed by atoms with Crippen LogP contribution < -0.4 is 9.62 Å². The van der Waals surface area contributed by atoms with E-state index in [9.17, 15) is 8.42 Å². The second-order valence-electron chi connectivity index (χ2n) is 4.47. The zero-order valence-corrected chi connectivity index (χ0v) is 10.8. The molecule has 17 heavy (non-hydrogen) atoms. The largest absolute Gasteiger partial charge is 0.372 e. The van der Waals surface area contributed by atoms with E-state index in [2.05, 4.69) is 9.62 Å². The molecule has 0 aromatic heterocycles. The van der Waals surface area contributed by atoms with Crippen LogP contribution >= 0.6 is 0 Å². The maximum absolute atomic E-state index is 11.1. The summed E-state index contributed by atoms with van der Waals surface area (Å²) in [5.41, 5.74) is 1.79. The molecular weight excluding hydrogens is 236 g/mol. The average Bonchev–Trinajstić information content (AvgIpc) is 2.29. The quantitative estimate of drug-likeness (QED) is 0.898. The number of piperidine rings is 1. The Kier molecular flexibility index (Phi) is 3.57. The number of nitrogens with zero attached hydrogens (tertiary/aromatic N) is 1. The molecule has 4 nitrogen and oxygen atoms in total. The molecule has 0 bridgehead atoms. The van der Waals surface area contributed by atoms with Crippen LogP contribution in [0.1, 0.15) is 19.3 Å². The van der Waals surface area contributed by atoms with Gasteiger partial charge in [0.2, 0.25) is 10.0 Å². The van der Waals surface area contributed by atoms with Crippen molar-refractivity contribution in [2.24, 2.45) is 0 Å². The topological polar surface area (TPSA) is 49.4 Å². The Labute approximate surface area is 103 Å². The molecule has 0 aliphatic carbocycles. The SMILES string of the molecule is CS(=O)(=O)Nc1ccc(N2CCCCC2)cc1. The lowest BCUT2D eigenvalue weighted by molar-refractivity contribution is 0.578. The molecule has 5 heteroatoms. The summed E-state index contributed by atoms with van der Waals surface area (Å²) in [4.78, 5) is 2.34. The summed E-state index contributed by atoms with van der Waals surface area (Å²) in [5.74, 6) is 0. The molecule has 1 N–H and O–H groups in total. The molecule has 1 aromatic carbocycles. The minimum Gasteiger partial charge on any atom is -0.372 e. The predicted molar refractivity (Wildman–Crippen MR) is 71.0 cm³/mol. The Hall–Kier alpha value is -1.23. The maximum atomic E-state index is 11.1. The van der Waals surface area contributed by atoms with E-state index < -0.39 is 10.0 Å². The third kappa shape index (κ3) is 3.63. The van der Waals surface area contributed by atoms with Gasteiger partial charge in [-0.2, -0.15) is 0 Å². The first-order chi connectivity index (χ1) is 8.04. The van der Waals surface area contributed by atoms with Gasteiger partial charge in [0.05, 0.1) is 6.26 Å². The number of sulfonamides is 1. The van der Waals surface area contributed by atoms with E-state index in [-0.39, 0.29) is 0 Å². The van der Waals surface area contributed by atoms with Crippen molar-refractivity contribution in [3.8, 4) is 0 Å². The van der Waals surface area contributed by atoms with Gasteiger partial charge in [0.1, 0.15) is 0 Å². The van der Waals surface area contributed by atoms with Crippen LogP contribution in [0, 0.1) is 0 Å². The van der Waals surface area contributed by atoms with E-state index in [4.69, 9.17) is 0 Å². The molecule has 1 heterocycles. The minimum absolute atomic E-state index is 0.619. The molecule has 1 saturated heterocycles. The van der Waals surface area contributed by atoms with Crippen LogP contribution in [0.3, 0.4) is 0 Å². The van der Waals surface area contributed by atoms with Crippen molar-refractivity contribution in [1.82, 2.24) is 0 Å². The van der Waals surface area contributed by atoms with Crippen LogP contribution in [0.15, 0.2) is 24.3 Å². The molecule has 1 fully saturated rings. The lowest BCUT2D eigenvalue weighted by atomic mass is 10.1. The summed E-state index contributed by atoms with van der Waals surface area (Å²) in [7, 11) is -3.18. The van der Waals surface area contributed by atoms with Crippen molar-refractivity contribution >= 4 is 21.4 Å². The normalized spacial score (nSPS) is 16.9. The Morgan fingerprint density at radius 2 is 1.65 bits per heavy atom. The molecule has 0 atom stereocenters. The summed E-state index contributed by atoms with van der Waals surface area (Å²) < 4.78 is 24.6. The summed E-state index contributed by atoms with van der Waals surface area (Å²) in [6.45, 7) is 2.19. The fourth-order valence-corrected chi connectivity index (χ4v) is 2.67. The van der Waals surface area contributed by atoms with Crippen molar-refractivity contribution in [1.29, 1.82) is 0 Å². The molecule has 0 radical (unpaired) electrons. The number of anilines is 2. The molecule has 1 aliphatic heterocycles. The second kappa shape index (κ2) is 4.96. The molecular formula is C12H18N2O2S. The highest BCUT2D eigenvalue weighted by molar-refractivity contribution is 7.92. The van der Waals surface area contributed by atoms with E-state index >= 15 is 0 Å². The Balaban J connectivity index is 2.07. The van der Waals surface area contributed by atoms with Crippen LogP contribution in [-0.4, -0.2) is 27.8 Å². The highest BCUT2D eigenvalue weighted by Gasteiger charge is 2.10. The van der Waals surface area contributed by atoms with Crippen LogP contribution in [0.4, 0.5) is 11.4 Å². The lowest BCUT2D eigenvalue weighted by Gasteiger charge is -2.28. The van der Waals surface area contributed by atoms with Gasteiger partial charge in [-0.25, -0.2) is 8.42 Å². The minimum atomic E-state index is -3.18. The van der Waals surface area contributed by atoms with E-state index in [1.807, 2.05) is 24.3 Å². The first-order valence-corrected chi connectivity index (χ1v) is 7.76. The Bertz CT molecular complexity index is 462. The van der Waals surface area contributed by atoms with E-state index in [0.29, 0.717) is 5.69 Å². The summed E-state index contributed by atoms with van der Waals surface area (Å²) in [6, 6.07) is 7.56. The van der Waals surface area contributed by atoms with Crippen molar-refractivity contribution in [2.45, 2.75) is 19.3 Å². The molecule has 0 saturated carbocycles. The first kappa shape index (κ1) is 12.2. The Morgan fingerprint density at radius 1 is 1.06 bits per heavy atom. The fraction of sp³-hybridized carbons (Fsp3) is 0.500. The number of hydrogen-bond acceptors (Lipinski definition) is 3. The van der Waals surface area contributed by atoms with E-state index in [0.717, 1.165) is 19.3 Å². The molecule has 2 rings (SSSR count). The highest BCUT2D eigenvalue weighted by atomic mass is 32.2. The average molecular weight is 254 g/mol. The van der Waals surface area contributed by atoms with Crippen LogP contribution in [0.2, 0.25) is 0 Å². The maximum Gasteiger partial charge on any atom is 0.229 e. The Morgan fingerprint density at radius 3 is 2.18 bits per heavy atom. The van der Waals surface area contributed by atoms with Crippen molar-refractivity contribution in [2.75, 3.05) is 29.0 Å². The van der Waals surface area contributed by atoms with E-state index in [1.54, 1.807) is 0 Å². The van der Waals surface area contributed by atoms with Gasteiger partial charge in [0, 0.05) is 24.5 Å². The van der Waals surface area contributed by atoms with Gasteiger partial charge in [-0.15, -0.1) is 0 Å². The third-order valence-electron chi connectivity index (χ3n) is 2.89. The van der Waals surface area contributed by atoms with Crippen molar-refractivity contribution in [3.63, 3.8) is 0 Å². The zero-order valence-electron chi connectivity index (χ0n) is 10.0. The summed E-state index contributed by atoms with van der Waals surface area (Å²) >= 11 is 0. The number of rotatable bonds is 3. The monoisotopic (exact) mass is 254 g/mol. The molecule has 1 aromatic rings. The highest BCUT2D eigenvalue weighted by Crippen LogP contribution is 2.21. The summed E-state index contributed by atoms with van der Waals surface area (Å²) in [6.07, 6.45) is 4.95. The van der Waals surface area contributed by atoms with Gasteiger partial charge in [-0.1, -0.05) is 0 Å². The fourth-order valence-electron chi connectivity index (χ4n) is 2.11. The first-order valence-electron chi connectivity index (χ1n) is 5.87. The zero-order chi connectivity index (χ0) is 12.3. The van der Waals surface area contributed by atoms with Crippen LogP contribution in [0.5, 0.6) is 0 Å². The van der Waals surface area contributed by atoms with Crippen LogP contribution in [-0.2, 0) is 10.0 Å². The lowest BCUT2D eigenvalue weighted by Crippen LogP contribution is -2.29. The van der Waals surface area contributed by atoms with Crippen molar-refractivity contribution < 1.29 is 8.42 Å². The van der Waals surface area contributed by atoms with Crippen molar-refractivity contribution in [3.05, 3.63) is 24.3 Å². The van der Waals surface area contributed by atoms with Gasteiger partial charge in [0.25, 0.3) is 0 Å². The second-order valence-corrected chi connectivity index (χ2v) is 6.22. The molecule has 94 valence electrons. The predicted octanol–water partition coefficient (Wildman–Crippen LogP) is 2.05. The van der Waals surface area contributed by atoms with Gasteiger partial charge in [-0.05, 0) is 43.5 Å². The van der Waals surface area contributed by atoms with Gasteiger partial charge in [-0.3, -0.25) is 4.72 Å². The van der Waals surface area contributed by atoms with Gasteiger partial charge in [0.15, 0.2) is 0 Å². The van der Waals surface area contributed by atoms with Crippen LogP contribution in [0.25, 0.3) is 0 Å². The molecule has 0 unspecified atom stereocenters. The molecule has 0 spiro atoms. The number of nitrogens with one attached hydrogen (secondary N) is 1. The number of hydrogen-bond donors (Lipinski definition) is 1. The molecule has 1 aliphatic rings. The van der Waals surface area contributed by atoms with Gasteiger partial charge < -0.3 is 4.90 Å². The third-order valence-corrected chi connectivity index (χ3v) is 3.50. The smallest absolute Gasteiger partial charge is 0.229 e. The standard InChI is InChI=1S/C12H18N2O2S/c1-17(15,16)13-11-5-7-12(8-6-11)14-9-3-2-4-10-14/h5-8,13H,2-4,9-10H2,1H3. The number of benzene rings is 1. The molecule has 0 amide bonds.